The number of benzene rings is 1. The van der Waals surface area contributed by atoms with Gasteiger partial charge in [-0.15, -0.1) is 12.4 Å². The van der Waals surface area contributed by atoms with E-state index in [0.29, 0.717) is 23.9 Å². The van der Waals surface area contributed by atoms with Gasteiger partial charge in [0.2, 0.25) is 5.91 Å². The van der Waals surface area contributed by atoms with E-state index in [1.165, 1.54) is 4.90 Å². The Morgan fingerprint density at radius 2 is 2.14 bits per heavy atom. The van der Waals surface area contributed by atoms with Crippen molar-refractivity contribution < 1.29 is 14.3 Å². The normalized spacial score (nSPS) is 17.9. The summed E-state index contributed by atoms with van der Waals surface area (Å²) < 4.78 is 5.34. The highest BCUT2D eigenvalue weighted by molar-refractivity contribution is 6.02. The lowest BCUT2D eigenvalue weighted by Crippen LogP contribution is -2.47. The molecule has 3 N–H and O–H groups in total. The predicted octanol–water partition coefficient (Wildman–Crippen LogP) is 0.687. The molecule has 3 rings (SSSR count). The zero-order chi connectivity index (χ0) is 14.8. The molecule has 1 atom stereocenters. The number of nitrogens with one attached hydrogen (secondary N) is 1. The largest absolute Gasteiger partial charge is 0.482 e. The van der Waals surface area contributed by atoms with Crippen LogP contribution < -0.4 is 20.7 Å². The molecule has 22 heavy (non-hydrogen) atoms. The second-order valence-corrected chi connectivity index (χ2v) is 5.54. The third-order valence-corrected chi connectivity index (χ3v) is 3.87. The lowest BCUT2D eigenvalue weighted by Gasteiger charge is -2.28. The van der Waals surface area contributed by atoms with Gasteiger partial charge in [0.05, 0.1) is 5.69 Å². The number of nitrogens with zero attached hydrogens (tertiary/aromatic N) is 1. The summed E-state index contributed by atoms with van der Waals surface area (Å²) in [6, 6.07) is 7.23. The smallest absolute Gasteiger partial charge is 0.265 e. The van der Waals surface area contributed by atoms with E-state index < -0.39 is 0 Å². The van der Waals surface area contributed by atoms with E-state index in [1.54, 1.807) is 12.1 Å². The van der Waals surface area contributed by atoms with Gasteiger partial charge in [-0.05, 0) is 30.9 Å². The molecule has 1 fully saturated rings. The number of carbonyl (C=O) groups is 2. The van der Waals surface area contributed by atoms with Gasteiger partial charge in [-0.3, -0.25) is 14.5 Å². The quantitative estimate of drug-likeness (QED) is 0.834. The standard InChI is InChI=1S/C15H19N3O3.ClH/c16-11(10-5-6-10)7-17-14(19)8-18-12-3-1-2-4-13(12)21-9-15(18)20;/h1-4,10-11H,5-9,16H2,(H,17,19);1H. The van der Waals surface area contributed by atoms with Gasteiger partial charge in [0.15, 0.2) is 6.61 Å². The van der Waals surface area contributed by atoms with Gasteiger partial charge in [0.1, 0.15) is 12.3 Å². The number of nitrogens with two attached hydrogens (primary N) is 1. The van der Waals surface area contributed by atoms with Crippen LogP contribution in [0.2, 0.25) is 0 Å². The SMILES string of the molecule is Cl.NC(CNC(=O)CN1C(=O)COc2ccccc21)C1CC1. The second kappa shape index (κ2) is 6.98. The molecule has 0 bridgehead atoms. The van der Waals surface area contributed by atoms with Gasteiger partial charge in [-0.2, -0.15) is 0 Å². The number of halogens is 1. The Kier molecular flexibility index (Phi) is 5.26. The number of ether oxygens (including phenoxy) is 1. The first-order valence-corrected chi connectivity index (χ1v) is 7.19. The number of amides is 2. The van der Waals surface area contributed by atoms with Crippen LogP contribution in [0.5, 0.6) is 5.75 Å². The molecular formula is C15H20ClN3O3. The first-order chi connectivity index (χ1) is 10.1. The Hall–Kier alpha value is -1.79. The van der Waals surface area contributed by atoms with Gasteiger partial charge in [-0.25, -0.2) is 0 Å². The molecule has 0 radical (unpaired) electrons. The van der Waals surface area contributed by atoms with Crippen molar-refractivity contribution in [1.82, 2.24) is 5.32 Å². The Morgan fingerprint density at radius 1 is 1.41 bits per heavy atom. The highest BCUT2D eigenvalue weighted by atomic mass is 35.5. The van der Waals surface area contributed by atoms with E-state index in [9.17, 15) is 9.59 Å². The molecule has 1 aromatic carbocycles. The third kappa shape index (κ3) is 3.69. The highest BCUT2D eigenvalue weighted by Gasteiger charge is 2.30. The third-order valence-electron chi connectivity index (χ3n) is 3.87. The molecule has 2 aliphatic rings. The van der Waals surface area contributed by atoms with Crippen LogP contribution in [0.25, 0.3) is 0 Å². The number of fused-ring (bicyclic) bond motifs is 1. The molecule has 6 nitrogen and oxygen atoms in total. The van der Waals surface area contributed by atoms with E-state index >= 15 is 0 Å². The molecule has 0 saturated heterocycles. The molecule has 1 heterocycles. The minimum Gasteiger partial charge on any atom is -0.482 e. The zero-order valence-corrected chi connectivity index (χ0v) is 13.0. The van der Waals surface area contributed by atoms with Crippen LogP contribution in [0.15, 0.2) is 24.3 Å². The minimum absolute atomic E-state index is 0. The van der Waals surface area contributed by atoms with Crippen molar-refractivity contribution in [2.75, 3.05) is 24.6 Å². The van der Waals surface area contributed by atoms with Crippen molar-refractivity contribution in [3.05, 3.63) is 24.3 Å². The van der Waals surface area contributed by atoms with Gasteiger partial charge in [0.25, 0.3) is 5.91 Å². The highest BCUT2D eigenvalue weighted by Crippen LogP contribution is 2.32. The second-order valence-electron chi connectivity index (χ2n) is 5.54. The van der Waals surface area contributed by atoms with Crippen molar-refractivity contribution in [2.24, 2.45) is 11.7 Å². The first-order valence-electron chi connectivity index (χ1n) is 7.19. The van der Waals surface area contributed by atoms with Gasteiger partial charge in [-0.1, -0.05) is 12.1 Å². The number of rotatable bonds is 5. The van der Waals surface area contributed by atoms with E-state index in [1.807, 2.05) is 12.1 Å². The molecule has 1 saturated carbocycles. The lowest BCUT2D eigenvalue weighted by molar-refractivity contribution is -0.125. The molecular weight excluding hydrogens is 306 g/mol. The Morgan fingerprint density at radius 3 is 2.86 bits per heavy atom. The van der Waals surface area contributed by atoms with Crippen molar-refractivity contribution in [3.63, 3.8) is 0 Å². The van der Waals surface area contributed by atoms with Gasteiger partial charge < -0.3 is 15.8 Å². The number of para-hydroxylation sites is 2. The molecule has 1 aliphatic carbocycles. The summed E-state index contributed by atoms with van der Waals surface area (Å²) in [5.41, 5.74) is 6.58. The van der Waals surface area contributed by atoms with E-state index in [2.05, 4.69) is 5.32 Å². The topological polar surface area (TPSA) is 84.7 Å². The van der Waals surface area contributed by atoms with Gasteiger partial charge in [0, 0.05) is 12.6 Å². The van der Waals surface area contributed by atoms with E-state index in [0.717, 1.165) is 12.8 Å². The van der Waals surface area contributed by atoms with E-state index in [4.69, 9.17) is 10.5 Å². The molecule has 1 unspecified atom stereocenters. The van der Waals surface area contributed by atoms with Crippen LogP contribution in [0.3, 0.4) is 0 Å². The molecule has 1 aromatic rings. The summed E-state index contributed by atoms with van der Waals surface area (Å²) in [6.45, 7) is 0.423. The monoisotopic (exact) mass is 325 g/mol. The molecule has 120 valence electrons. The number of carbonyl (C=O) groups excluding carboxylic acids is 2. The van der Waals surface area contributed by atoms with Crippen molar-refractivity contribution in [2.45, 2.75) is 18.9 Å². The maximum atomic E-state index is 12.0. The maximum absolute atomic E-state index is 12.0. The first kappa shape index (κ1) is 16.6. The molecule has 0 aromatic heterocycles. The minimum atomic E-state index is -0.213. The number of anilines is 1. The average molecular weight is 326 g/mol. The Balaban J connectivity index is 0.00000176. The molecule has 0 spiro atoms. The van der Waals surface area contributed by atoms with Crippen LogP contribution in [0.4, 0.5) is 5.69 Å². The van der Waals surface area contributed by atoms with Crippen LogP contribution in [0, 0.1) is 5.92 Å². The van der Waals surface area contributed by atoms with Crippen LogP contribution in [0.1, 0.15) is 12.8 Å². The van der Waals surface area contributed by atoms with Crippen molar-refractivity contribution in [3.8, 4) is 5.75 Å². The zero-order valence-electron chi connectivity index (χ0n) is 12.2. The summed E-state index contributed by atoms with van der Waals surface area (Å²) in [5.74, 6) is 0.752. The Bertz CT molecular complexity index is 563. The fraction of sp³-hybridized carbons (Fsp3) is 0.467. The fourth-order valence-corrected chi connectivity index (χ4v) is 2.45. The molecule has 1 aliphatic heterocycles. The average Bonchev–Trinajstić information content (AvgIpc) is 3.32. The van der Waals surface area contributed by atoms with Crippen LogP contribution >= 0.6 is 12.4 Å². The predicted molar refractivity (Wildman–Crippen MR) is 85.2 cm³/mol. The maximum Gasteiger partial charge on any atom is 0.265 e. The molecule has 7 heteroatoms. The number of hydrogen-bond acceptors (Lipinski definition) is 4. The fourth-order valence-electron chi connectivity index (χ4n) is 2.45. The summed E-state index contributed by atoms with van der Waals surface area (Å²) in [5, 5.41) is 2.80. The van der Waals surface area contributed by atoms with Crippen molar-refractivity contribution >= 4 is 29.9 Å². The summed E-state index contributed by atoms with van der Waals surface area (Å²) in [6.07, 6.45) is 2.29. The lowest BCUT2D eigenvalue weighted by atomic mass is 10.2. The van der Waals surface area contributed by atoms with Crippen LogP contribution in [-0.4, -0.2) is 37.6 Å². The van der Waals surface area contributed by atoms with Crippen molar-refractivity contribution in [1.29, 1.82) is 0 Å². The van der Waals surface area contributed by atoms with E-state index in [-0.39, 0.29) is 43.4 Å². The molecule has 2 amide bonds. The van der Waals surface area contributed by atoms with Gasteiger partial charge >= 0.3 is 0 Å². The number of hydrogen-bond donors (Lipinski definition) is 2. The summed E-state index contributed by atoms with van der Waals surface area (Å²) in [7, 11) is 0. The summed E-state index contributed by atoms with van der Waals surface area (Å²) in [4.78, 5) is 25.4. The Labute approximate surface area is 135 Å². The van der Waals surface area contributed by atoms with Crippen LogP contribution in [-0.2, 0) is 9.59 Å². The summed E-state index contributed by atoms with van der Waals surface area (Å²) >= 11 is 0.